The van der Waals surface area contributed by atoms with Crippen LogP contribution in [0.5, 0.6) is 0 Å². The Morgan fingerprint density at radius 1 is 0.907 bits per heavy atom. The van der Waals surface area contributed by atoms with Gasteiger partial charge < -0.3 is 24.8 Å². The molecule has 0 radical (unpaired) electrons. The summed E-state index contributed by atoms with van der Waals surface area (Å²) in [6.07, 6.45) is 3.76. The zero-order valence-electron chi connectivity index (χ0n) is 24.0. The Labute approximate surface area is 250 Å². The van der Waals surface area contributed by atoms with Gasteiger partial charge in [-0.3, -0.25) is 19.7 Å². The molecule has 2 saturated heterocycles. The lowest BCUT2D eigenvalue weighted by atomic mass is 9.99. The number of hydrogen-bond acceptors (Lipinski definition) is 10. The largest absolute Gasteiger partial charge is 0.392 e. The van der Waals surface area contributed by atoms with Crippen molar-refractivity contribution in [2.24, 2.45) is 0 Å². The number of piperazine rings is 1. The van der Waals surface area contributed by atoms with Crippen LogP contribution in [0, 0.1) is 0 Å². The molecule has 2 fully saturated rings. The summed E-state index contributed by atoms with van der Waals surface area (Å²) in [6.45, 7) is 4.10. The van der Waals surface area contributed by atoms with Crippen LogP contribution in [0.2, 0.25) is 0 Å². The van der Waals surface area contributed by atoms with E-state index < -0.39 is 12.2 Å². The summed E-state index contributed by atoms with van der Waals surface area (Å²) in [4.78, 5) is 37.0. The third kappa shape index (κ3) is 8.55. The van der Waals surface area contributed by atoms with Crippen molar-refractivity contribution in [2.45, 2.75) is 50.8 Å². The van der Waals surface area contributed by atoms with Crippen LogP contribution in [-0.2, 0) is 25.7 Å². The Morgan fingerprint density at radius 3 is 2.37 bits per heavy atom. The normalized spacial score (nSPS) is 20.9. The number of hydrogen-bond donors (Lipinski definition) is 4. The average molecular weight is 591 g/mol. The molecular formula is C31H38N6O6. The van der Waals surface area contributed by atoms with Gasteiger partial charge in [0, 0.05) is 75.6 Å². The second-order valence-corrected chi connectivity index (χ2v) is 10.7. The minimum absolute atomic E-state index is 0.0205. The van der Waals surface area contributed by atoms with Crippen molar-refractivity contribution < 1.29 is 29.4 Å². The first-order valence-electron chi connectivity index (χ1n) is 14.6. The van der Waals surface area contributed by atoms with E-state index in [1.54, 1.807) is 23.9 Å². The number of anilines is 2. The maximum absolute atomic E-state index is 12.4. The molecule has 3 heterocycles. The second kappa shape index (κ2) is 15.0. The number of rotatable bonds is 11. The Balaban J connectivity index is 1.25. The molecule has 2 amide bonds. The van der Waals surface area contributed by atoms with E-state index in [9.17, 15) is 14.7 Å². The van der Waals surface area contributed by atoms with Gasteiger partial charge in [-0.15, -0.1) is 0 Å². The minimum atomic E-state index is -0.648. The quantitative estimate of drug-likeness (QED) is 0.194. The van der Waals surface area contributed by atoms with E-state index in [1.165, 1.54) is 0 Å². The molecule has 4 N–H and O–H groups in total. The van der Waals surface area contributed by atoms with Crippen molar-refractivity contribution in [3.63, 3.8) is 0 Å². The number of nitrogens with zero attached hydrogens (tertiary/aromatic N) is 4. The highest BCUT2D eigenvalue weighted by Gasteiger charge is 2.34. The van der Waals surface area contributed by atoms with Crippen LogP contribution in [0.1, 0.15) is 54.8 Å². The van der Waals surface area contributed by atoms with Gasteiger partial charge in [-0.25, -0.2) is 15.4 Å². The van der Waals surface area contributed by atoms with E-state index in [2.05, 4.69) is 25.1 Å². The number of carbonyl (C=O) groups excluding carboxylic acids is 2. The molecule has 12 nitrogen and oxygen atoms in total. The van der Waals surface area contributed by atoms with Gasteiger partial charge in [0.2, 0.25) is 17.8 Å². The number of ether oxygens (including phenoxy) is 2. The monoisotopic (exact) mass is 590 g/mol. The highest BCUT2D eigenvalue weighted by atomic mass is 16.7. The number of amides is 2. The molecule has 0 unspecified atom stereocenters. The second-order valence-electron chi connectivity index (χ2n) is 10.7. The predicted octanol–water partition coefficient (Wildman–Crippen LogP) is 2.95. The molecule has 2 aliphatic rings. The summed E-state index contributed by atoms with van der Waals surface area (Å²) in [6, 6.07) is 17.0. The number of aliphatic hydroxyl groups is 1. The lowest BCUT2D eigenvalue weighted by Gasteiger charge is -2.40. The fourth-order valence-corrected chi connectivity index (χ4v) is 5.36. The molecule has 2 aromatic carbocycles. The summed E-state index contributed by atoms with van der Waals surface area (Å²) in [7, 11) is 0. The minimum Gasteiger partial charge on any atom is -0.392 e. The Bertz CT molecular complexity index is 1340. The van der Waals surface area contributed by atoms with Crippen LogP contribution in [0.25, 0.3) is 0 Å². The van der Waals surface area contributed by atoms with Crippen LogP contribution in [0.15, 0.2) is 67.0 Å². The third-order valence-electron chi connectivity index (χ3n) is 7.66. The van der Waals surface area contributed by atoms with Gasteiger partial charge >= 0.3 is 0 Å². The van der Waals surface area contributed by atoms with E-state index >= 15 is 0 Å². The van der Waals surface area contributed by atoms with Gasteiger partial charge in [-0.2, -0.15) is 0 Å². The zero-order valence-corrected chi connectivity index (χ0v) is 24.0. The summed E-state index contributed by atoms with van der Waals surface area (Å²) >= 11 is 0. The van der Waals surface area contributed by atoms with Crippen molar-refractivity contribution in [1.29, 1.82) is 0 Å². The summed E-state index contributed by atoms with van der Waals surface area (Å²) < 4.78 is 13.0. The molecule has 3 atom stereocenters. The Morgan fingerprint density at radius 2 is 1.65 bits per heavy atom. The molecule has 3 aromatic rings. The highest BCUT2D eigenvalue weighted by Crippen LogP contribution is 2.38. The summed E-state index contributed by atoms with van der Waals surface area (Å²) in [5.41, 5.74) is 4.81. The van der Waals surface area contributed by atoms with E-state index in [4.69, 9.17) is 14.7 Å². The molecule has 0 bridgehead atoms. The van der Waals surface area contributed by atoms with Gasteiger partial charge in [-0.05, 0) is 35.7 Å². The highest BCUT2D eigenvalue weighted by molar-refractivity contribution is 5.91. The first-order valence-corrected chi connectivity index (χ1v) is 14.6. The van der Waals surface area contributed by atoms with E-state index in [0.29, 0.717) is 18.5 Å². The predicted molar refractivity (Wildman–Crippen MR) is 158 cm³/mol. The molecule has 2 aliphatic heterocycles. The van der Waals surface area contributed by atoms with Crippen LogP contribution in [0.3, 0.4) is 0 Å². The fraction of sp³-hybridized carbons (Fsp3) is 0.419. The number of aromatic nitrogens is 2. The molecule has 1 aromatic heterocycles. The van der Waals surface area contributed by atoms with Crippen molar-refractivity contribution in [1.82, 2.24) is 20.3 Å². The van der Waals surface area contributed by atoms with Gasteiger partial charge in [0.05, 0.1) is 18.8 Å². The fourth-order valence-electron chi connectivity index (χ4n) is 5.36. The SMILES string of the molecule is O=C(CCCC(=O)Nc1cccc([C@@H]2O[C@H](CN3CCN(c4ncccn4)CC3)C[C@H](c3ccc(CO)cc3)O2)c1)NO. The number of carbonyl (C=O) groups is 2. The third-order valence-corrected chi connectivity index (χ3v) is 7.66. The lowest BCUT2D eigenvalue weighted by molar-refractivity contribution is -0.253. The molecular weight excluding hydrogens is 552 g/mol. The van der Waals surface area contributed by atoms with Gasteiger partial charge in [0.25, 0.3) is 0 Å². The maximum Gasteiger partial charge on any atom is 0.243 e. The van der Waals surface area contributed by atoms with Crippen LogP contribution in [0.4, 0.5) is 11.6 Å². The average Bonchev–Trinajstić information content (AvgIpc) is 3.05. The standard InChI is InChI=1S/C31H38N6O6/c38-21-22-8-10-23(11-9-22)27-19-26(20-36-14-16-37(17-15-36)31-32-12-3-13-33-31)42-30(43-27)24-4-1-5-25(18-24)34-28(39)6-2-7-29(40)35-41/h1,3-5,8-13,18,26-27,30,38,41H,2,6-7,14-17,19-21H2,(H,34,39)(H,35,40)/t26-,27+,30+/m0/s1. The topological polar surface area (TPSA) is 149 Å². The van der Waals surface area contributed by atoms with Gasteiger partial charge in [0.1, 0.15) is 0 Å². The first-order chi connectivity index (χ1) is 21.0. The van der Waals surface area contributed by atoms with E-state index in [1.807, 2.05) is 48.5 Å². The Kier molecular flexibility index (Phi) is 10.6. The molecule has 0 spiro atoms. The van der Waals surface area contributed by atoms with Crippen molar-refractivity contribution >= 4 is 23.5 Å². The summed E-state index contributed by atoms with van der Waals surface area (Å²) in [5.74, 6) is -0.00437. The summed E-state index contributed by atoms with van der Waals surface area (Å²) in [5, 5.41) is 21.0. The van der Waals surface area contributed by atoms with E-state index in [0.717, 1.165) is 55.4 Å². The lowest BCUT2D eigenvalue weighted by Crippen LogP contribution is -2.50. The van der Waals surface area contributed by atoms with Crippen LogP contribution in [-0.4, -0.2) is 75.8 Å². The van der Waals surface area contributed by atoms with Crippen molar-refractivity contribution in [2.75, 3.05) is 42.9 Å². The number of benzene rings is 2. The number of aliphatic hydroxyl groups excluding tert-OH is 1. The first kappa shape index (κ1) is 30.5. The zero-order chi connectivity index (χ0) is 30.0. The van der Waals surface area contributed by atoms with Crippen LogP contribution >= 0.6 is 0 Å². The molecule has 0 aliphatic carbocycles. The maximum atomic E-state index is 12.4. The number of hydroxylamine groups is 1. The smallest absolute Gasteiger partial charge is 0.243 e. The van der Waals surface area contributed by atoms with Gasteiger partial charge in [0.15, 0.2) is 6.29 Å². The molecule has 12 heteroatoms. The Hall–Kier alpha value is -3.94. The van der Waals surface area contributed by atoms with E-state index in [-0.39, 0.29) is 37.6 Å². The molecule has 228 valence electrons. The molecule has 5 rings (SSSR count). The van der Waals surface area contributed by atoms with Crippen molar-refractivity contribution in [3.05, 3.63) is 83.7 Å². The van der Waals surface area contributed by atoms with Crippen molar-refractivity contribution in [3.8, 4) is 0 Å². The van der Waals surface area contributed by atoms with Crippen LogP contribution < -0.4 is 15.7 Å². The van der Waals surface area contributed by atoms with Gasteiger partial charge in [-0.1, -0.05) is 36.4 Å². The molecule has 43 heavy (non-hydrogen) atoms. The molecule has 0 saturated carbocycles. The number of nitrogens with one attached hydrogen (secondary N) is 2.